The zero-order valence-corrected chi connectivity index (χ0v) is 10.1. The fraction of sp³-hybridized carbons (Fsp3) is 0.273. The van der Waals surface area contributed by atoms with E-state index in [0.717, 1.165) is 21.9 Å². The third kappa shape index (κ3) is 1.57. The van der Waals surface area contributed by atoms with Crippen molar-refractivity contribution in [2.45, 2.75) is 12.8 Å². The zero-order chi connectivity index (χ0) is 10.1. The van der Waals surface area contributed by atoms with Crippen LogP contribution in [0.1, 0.15) is 18.4 Å². The van der Waals surface area contributed by atoms with Gasteiger partial charge in [0.1, 0.15) is 5.58 Å². The lowest BCUT2D eigenvalue weighted by Gasteiger charge is -2.04. The Morgan fingerprint density at radius 2 is 2.14 bits per heavy atom. The average molecular weight is 274 g/mol. The highest BCUT2D eigenvalue weighted by molar-refractivity contribution is 9.09. The molecule has 0 amide bonds. The molecule has 2 rings (SSSR count). The number of halogens is 2. The zero-order valence-electron chi connectivity index (χ0n) is 7.76. The number of benzene rings is 1. The van der Waals surface area contributed by atoms with Gasteiger partial charge in [0.15, 0.2) is 5.22 Å². The van der Waals surface area contributed by atoms with Crippen molar-refractivity contribution in [3.8, 4) is 0 Å². The normalized spacial score (nSPS) is 13.4. The summed E-state index contributed by atoms with van der Waals surface area (Å²) in [4.78, 5) is 0. The van der Waals surface area contributed by atoms with Crippen LogP contribution >= 0.6 is 27.5 Å². The van der Waals surface area contributed by atoms with Crippen LogP contribution in [0.2, 0.25) is 5.22 Å². The fourth-order valence-corrected chi connectivity index (χ4v) is 2.27. The number of hydrogen-bond acceptors (Lipinski definition) is 1. The molecule has 74 valence electrons. The van der Waals surface area contributed by atoms with Gasteiger partial charge in [-0.1, -0.05) is 41.1 Å². The lowest BCUT2D eigenvalue weighted by Crippen LogP contribution is -1.93. The van der Waals surface area contributed by atoms with Gasteiger partial charge in [0.05, 0.1) is 0 Å². The number of rotatable bonds is 2. The summed E-state index contributed by atoms with van der Waals surface area (Å²) in [5.74, 6) is 0.367. The molecule has 0 bridgehead atoms. The Hall–Kier alpha value is -0.470. The largest absolute Gasteiger partial charge is 0.444 e. The molecule has 1 atom stereocenters. The number of hydrogen-bond donors (Lipinski definition) is 0. The minimum absolute atomic E-state index is 0.367. The van der Waals surface area contributed by atoms with Crippen LogP contribution in [0.4, 0.5) is 0 Å². The lowest BCUT2D eigenvalue weighted by molar-refractivity contribution is 0.609. The van der Waals surface area contributed by atoms with E-state index in [2.05, 4.69) is 22.9 Å². The van der Waals surface area contributed by atoms with E-state index >= 15 is 0 Å². The molecule has 0 fully saturated rings. The summed E-state index contributed by atoms with van der Waals surface area (Å²) in [5, 5.41) is 2.51. The van der Waals surface area contributed by atoms with Gasteiger partial charge in [-0.3, -0.25) is 0 Å². The van der Waals surface area contributed by atoms with Gasteiger partial charge in [-0.2, -0.15) is 0 Å². The van der Waals surface area contributed by atoms with Crippen LogP contribution in [0.3, 0.4) is 0 Å². The smallest absolute Gasteiger partial charge is 0.198 e. The first-order valence-corrected chi connectivity index (χ1v) is 5.97. The highest BCUT2D eigenvalue weighted by Crippen LogP contribution is 2.35. The van der Waals surface area contributed by atoms with Gasteiger partial charge in [0.25, 0.3) is 0 Å². The monoisotopic (exact) mass is 272 g/mol. The third-order valence-electron chi connectivity index (χ3n) is 2.31. The van der Waals surface area contributed by atoms with Crippen molar-refractivity contribution in [1.82, 2.24) is 0 Å². The molecule has 1 heterocycles. The minimum atomic E-state index is 0.367. The summed E-state index contributed by atoms with van der Waals surface area (Å²) >= 11 is 9.51. The summed E-state index contributed by atoms with van der Waals surface area (Å²) in [6.07, 6.45) is 0. The number of para-hydroxylation sites is 1. The first-order valence-electron chi connectivity index (χ1n) is 4.47. The van der Waals surface area contributed by atoms with Gasteiger partial charge >= 0.3 is 0 Å². The Kier molecular flexibility index (Phi) is 2.84. The van der Waals surface area contributed by atoms with Crippen molar-refractivity contribution >= 4 is 38.5 Å². The molecule has 0 saturated heterocycles. The van der Waals surface area contributed by atoms with Gasteiger partial charge in [-0.05, 0) is 23.6 Å². The molecular weight excluding hydrogens is 263 g/mol. The molecule has 14 heavy (non-hydrogen) atoms. The maximum Gasteiger partial charge on any atom is 0.198 e. The second-order valence-electron chi connectivity index (χ2n) is 3.34. The molecule has 0 aliphatic heterocycles. The van der Waals surface area contributed by atoms with E-state index < -0.39 is 0 Å². The van der Waals surface area contributed by atoms with Gasteiger partial charge < -0.3 is 4.42 Å². The first kappa shape index (κ1) is 10.1. The Balaban J connectivity index is 2.67. The van der Waals surface area contributed by atoms with Crippen molar-refractivity contribution < 1.29 is 4.42 Å². The summed E-state index contributed by atoms with van der Waals surface area (Å²) < 4.78 is 5.47. The van der Waals surface area contributed by atoms with Crippen LogP contribution in [0.5, 0.6) is 0 Å². The van der Waals surface area contributed by atoms with E-state index in [9.17, 15) is 0 Å². The molecular formula is C11H10BrClO. The number of furan rings is 1. The predicted molar refractivity (Wildman–Crippen MR) is 63.4 cm³/mol. The van der Waals surface area contributed by atoms with Crippen LogP contribution in [0.25, 0.3) is 11.0 Å². The molecule has 1 nitrogen and oxygen atoms in total. The molecule has 1 aromatic heterocycles. The standard InChI is InChI=1S/C11H10BrClO/c1-7(6-12)10-8-4-2-3-5-9(8)14-11(10)13/h2-5,7H,6H2,1H3. The van der Waals surface area contributed by atoms with Crippen molar-refractivity contribution in [3.05, 3.63) is 35.0 Å². The highest BCUT2D eigenvalue weighted by atomic mass is 79.9. The third-order valence-corrected chi connectivity index (χ3v) is 3.56. The summed E-state index contributed by atoms with van der Waals surface area (Å²) in [7, 11) is 0. The maximum absolute atomic E-state index is 6.05. The van der Waals surface area contributed by atoms with Crippen LogP contribution in [0.15, 0.2) is 28.7 Å². The minimum Gasteiger partial charge on any atom is -0.444 e. The van der Waals surface area contributed by atoms with Crippen molar-refractivity contribution in [2.75, 3.05) is 5.33 Å². The second kappa shape index (κ2) is 3.95. The molecule has 1 unspecified atom stereocenters. The molecule has 0 aliphatic rings. The summed E-state index contributed by atoms with van der Waals surface area (Å²) in [6.45, 7) is 2.12. The van der Waals surface area contributed by atoms with E-state index in [1.54, 1.807) is 0 Å². The van der Waals surface area contributed by atoms with Crippen LogP contribution in [-0.4, -0.2) is 5.33 Å². The van der Waals surface area contributed by atoms with Crippen LogP contribution in [-0.2, 0) is 0 Å². The first-order chi connectivity index (χ1) is 6.74. The molecule has 0 radical (unpaired) electrons. The van der Waals surface area contributed by atoms with Crippen LogP contribution in [0, 0.1) is 0 Å². The molecule has 2 aromatic rings. The van der Waals surface area contributed by atoms with E-state index in [0.29, 0.717) is 11.1 Å². The predicted octanol–water partition coefficient (Wildman–Crippen LogP) is 4.58. The maximum atomic E-state index is 6.05. The molecule has 0 saturated carbocycles. The van der Waals surface area contributed by atoms with Crippen molar-refractivity contribution in [1.29, 1.82) is 0 Å². The second-order valence-corrected chi connectivity index (χ2v) is 4.33. The average Bonchev–Trinajstić information content (AvgIpc) is 2.53. The topological polar surface area (TPSA) is 13.1 Å². The van der Waals surface area contributed by atoms with Crippen molar-refractivity contribution in [3.63, 3.8) is 0 Å². The fourth-order valence-electron chi connectivity index (χ4n) is 1.57. The quantitative estimate of drug-likeness (QED) is 0.730. The van der Waals surface area contributed by atoms with Gasteiger partial charge in [-0.25, -0.2) is 0 Å². The van der Waals surface area contributed by atoms with E-state index in [-0.39, 0.29) is 0 Å². The van der Waals surface area contributed by atoms with E-state index in [1.165, 1.54) is 0 Å². The SMILES string of the molecule is CC(CBr)c1c(Cl)oc2ccccc12. The Morgan fingerprint density at radius 3 is 2.86 bits per heavy atom. The molecule has 0 N–H and O–H groups in total. The molecule has 1 aromatic carbocycles. The number of fused-ring (bicyclic) bond motifs is 1. The van der Waals surface area contributed by atoms with E-state index in [4.69, 9.17) is 16.0 Å². The summed E-state index contributed by atoms with van der Waals surface area (Å²) in [5.41, 5.74) is 1.96. The Labute approximate surface area is 96.2 Å². The van der Waals surface area contributed by atoms with Gasteiger partial charge in [0, 0.05) is 16.3 Å². The number of alkyl halides is 1. The molecule has 0 aliphatic carbocycles. The van der Waals surface area contributed by atoms with Gasteiger partial charge in [-0.15, -0.1) is 0 Å². The molecule has 0 spiro atoms. The lowest BCUT2D eigenvalue weighted by atomic mass is 10.0. The highest BCUT2D eigenvalue weighted by Gasteiger charge is 2.16. The van der Waals surface area contributed by atoms with E-state index in [1.807, 2.05) is 24.3 Å². The Morgan fingerprint density at radius 1 is 1.43 bits per heavy atom. The van der Waals surface area contributed by atoms with Crippen LogP contribution < -0.4 is 0 Å². The summed E-state index contributed by atoms with van der Waals surface area (Å²) in [6, 6.07) is 7.92. The van der Waals surface area contributed by atoms with Crippen molar-refractivity contribution in [2.24, 2.45) is 0 Å². The Bertz CT molecular complexity index is 449. The van der Waals surface area contributed by atoms with Gasteiger partial charge in [0.2, 0.25) is 0 Å². The molecule has 3 heteroatoms.